The first kappa shape index (κ1) is 19.2. The summed E-state index contributed by atoms with van der Waals surface area (Å²) in [6, 6.07) is 12.8. The van der Waals surface area contributed by atoms with Crippen LogP contribution in [0.5, 0.6) is 0 Å². The lowest BCUT2D eigenvalue weighted by Crippen LogP contribution is -2.52. The molecule has 1 fully saturated rings. The number of oxazole rings is 1. The summed E-state index contributed by atoms with van der Waals surface area (Å²) in [6.45, 7) is 2.88. The van der Waals surface area contributed by atoms with Gasteiger partial charge in [-0.2, -0.15) is 0 Å². The Hall–Kier alpha value is -2.12. The summed E-state index contributed by atoms with van der Waals surface area (Å²) in [5.74, 6) is -0.561. The molecule has 6 nitrogen and oxygen atoms in total. The number of hydrogen-bond donors (Lipinski definition) is 3. The Balaban J connectivity index is 1.64. The molecule has 2 aromatic carbocycles. The topological polar surface area (TPSA) is 89.7 Å². The Morgan fingerprint density at radius 3 is 2.57 bits per heavy atom. The van der Waals surface area contributed by atoms with E-state index >= 15 is 0 Å². The molecule has 0 unspecified atom stereocenters. The molecule has 4 rings (SSSR count). The number of rotatable bonds is 4. The smallest absolute Gasteiger partial charge is 0.408 e. The highest BCUT2D eigenvalue weighted by Crippen LogP contribution is 2.41. The van der Waals surface area contributed by atoms with Crippen LogP contribution in [0.25, 0.3) is 11.1 Å². The maximum absolute atomic E-state index is 11.5. The predicted octanol–water partition coefficient (Wildman–Crippen LogP) is 3.31. The molecule has 3 aromatic rings. The van der Waals surface area contributed by atoms with E-state index in [2.05, 4.69) is 4.98 Å². The van der Waals surface area contributed by atoms with E-state index in [4.69, 9.17) is 16.0 Å². The molecule has 3 N–H and O–H groups in total. The van der Waals surface area contributed by atoms with Crippen molar-refractivity contribution in [2.24, 2.45) is 0 Å². The molecular weight excluding hydrogens is 380 g/mol. The highest BCUT2D eigenvalue weighted by atomic mass is 35.5. The number of benzene rings is 2. The first-order valence-electron chi connectivity index (χ1n) is 9.44. The van der Waals surface area contributed by atoms with E-state index < -0.39 is 17.1 Å². The first-order valence-corrected chi connectivity index (χ1v) is 9.82. The molecule has 2 heterocycles. The summed E-state index contributed by atoms with van der Waals surface area (Å²) >= 11 is 6.45. The average Bonchev–Trinajstić information content (AvgIpc) is 3.07. The van der Waals surface area contributed by atoms with E-state index in [1.807, 2.05) is 42.2 Å². The number of aliphatic hydroxyl groups is 2. The third-order valence-electron chi connectivity index (χ3n) is 5.86. The van der Waals surface area contributed by atoms with Crippen LogP contribution in [0.3, 0.4) is 0 Å². The quantitative estimate of drug-likeness (QED) is 0.623. The first-order chi connectivity index (χ1) is 13.4. The number of halogens is 1. The van der Waals surface area contributed by atoms with Crippen LogP contribution in [0.1, 0.15) is 37.3 Å². The molecule has 1 saturated heterocycles. The van der Waals surface area contributed by atoms with Crippen molar-refractivity contribution in [2.75, 3.05) is 13.1 Å². The lowest BCUT2D eigenvalue weighted by molar-refractivity contribution is -0.153. The maximum atomic E-state index is 11.5. The van der Waals surface area contributed by atoms with Crippen LogP contribution in [0, 0.1) is 0 Å². The SMILES string of the molecule is CC[C@](O)(c1cc2oc(=O)[nH]c2cc1Cl)N1CCC(O)(c2ccccc2)CC1. The zero-order valence-corrected chi connectivity index (χ0v) is 16.4. The largest absolute Gasteiger partial charge is 0.417 e. The molecule has 0 saturated carbocycles. The third-order valence-corrected chi connectivity index (χ3v) is 6.17. The van der Waals surface area contributed by atoms with Crippen LogP contribution in [0.4, 0.5) is 0 Å². The summed E-state index contributed by atoms with van der Waals surface area (Å²) in [4.78, 5) is 16.0. The highest BCUT2D eigenvalue weighted by Gasteiger charge is 2.43. The van der Waals surface area contributed by atoms with E-state index in [1.54, 1.807) is 12.1 Å². The summed E-state index contributed by atoms with van der Waals surface area (Å²) in [5, 5.41) is 23.0. The minimum absolute atomic E-state index is 0.356. The van der Waals surface area contributed by atoms with E-state index in [0.29, 0.717) is 54.0 Å². The molecule has 1 aliphatic heterocycles. The second-order valence-corrected chi connectivity index (χ2v) is 7.80. The van der Waals surface area contributed by atoms with Crippen molar-refractivity contribution in [1.82, 2.24) is 9.88 Å². The molecule has 0 aliphatic carbocycles. The lowest BCUT2D eigenvalue weighted by atomic mass is 9.83. The number of nitrogens with zero attached hydrogens (tertiary/aromatic N) is 1. The Morgan fingerprint density at radius 1 is 1.25 bits per heavy atom. The van der Waals surface area contributed by atoms with Crippen LogP contribution >= 0.6 is 11.6 Å². The number of likely N-dealkylation sites (tertiary alicyclic amines) is 1. The van der Waals surface area contributed by atoms with Crippen molar-refractivity contribution in [1.29, 1.82) is 0 Å². The average molecular weight is 403 g/mol. The zero-order valence-electron chi connectivity index (χ0n) is 15.6. The van der Waals surface area contributed by atoms with E-state index in [0.717, 1.165) is 5.56 Å². The number of piperidine rings is 1. The van der Waals surface area contributed by atoms with Gasteiger partial charge in [0.2, 0.25) is 0 Å². The van der Waals surface area contributed by atoms with Crippen molar-refractivity contribution >= 4 is 22.7 Å². The van der Waals surface area contributed by atoms with Crippen molar-refractivity contribution < 1.29 is 14.6 Å². The standard InChI is InChI=1S/C21H23ClN2O4/c1-2-21(27,15-12-18-17(13-16(15)22)23-19(25)28-18)24-10-8-20(26,9-11-24)14-6-4-3-5-7-14/h3-7,12-13,26-27H,2,8-11H2,1H3,(H,23,25)/t21-/m0/s1. The third kappa shape index (κ3) is 3.16. The number of hydrogen-bond acceptors (Lipinski definition) is 5. The fraction of sp³-hybridized carbons (Fsp3) is 0.381. The van der Waals surface area contributed by atoms with Gasteiger partial charge in [-0.05, 0) is 37.0 Å². The molecule has 148 valence electrons. The summed E-state index contributed by atoms with van der Waals surface area (Å²) < 4.78 is 5.14. The minimum Gasteiger partial charge on any atom is -0.408 e. The Labute approximate surface area is 167 Å². The Kier molecular flexibility index (Phi) is 4.83. The van der Waals surface area contributed by atoms with Crippen molar-refractivity contribution in [3.63, 3.8) is 0 Å². The molecule has 0 amide bonds. The van der Waals surface area contributed by atoms with Gasteiger partial charge in [-0.15, -0.1) is 0 Å². The van der Waals surface area contributed by atoms with Crippen LogP contribution < -0.4 is 5.76 Å². The van der Waals surface area contributed by atoms with E-state index in [1.165, 1.54) is 0 Å². The van der Waals surface area contributed by atoms with Crippen LogP contribution in [-0.4, -0.2) is 33.2 Å². The van der Waals surface area contributed by atoms with E-state index in [9.17, 15) is 15.0 Å². The molecule has 1 atom stereocenters. The second-order valence-electron chi connectivity index (χ2n) is 7.40. The summed E-state index contributed by atoms with van der Waals surface area (Å²) in [5.41, 5.74) is 0.0101. The van der Waals surface area contributed by atoms with Crippen LogP contribution in [-0.2, 0) is 11.3 Å². The second kappa shape index (κ2) is 7.04. The fourth-order valence-electron chi connectivity index (χ4n) is 4.15. The van der Waals surface area contributed by atoms with Gasteiger partial charge in [-0.3, -0.25) is 9.88 Å². The van der Waals surface area contributed by atoms with Crippen molar-refractivity contribution in [3.8, 4) is 0 Å². The van der Waals surface area contributed by atoms with Gasteiger partial charge in [0.25, 0.3) is 0 Å². The van der Waals surface area contributed by atoms with Gasteiger partial charge in [0, 0.05) is 18.7 Å². The fourth-order valence-corrected chi connectivity index (χ4v) is 4.46. The molecule has 28 heavy (non-hydrogen) atoms. The molecule has 1 aromatic heterocycles. The van der Waals surface area contributed by atoms with Gasteiger partial charge in [0.05, 0.1) is 16.1 Å². The normalized spacial score (nSPS) is 19.6. The van der Waals surface area contributed by atoms with Gasteiger partial charge in [0.15, 0.2) is 5.58 Å². The minimum atomic E-state index is -1.32. The number of aromatic nitrogens is 1. The Bertz CT molecular complexity index is 1040. The summed E-state index contributed by atoms with van der Waals surface area (Å²) in [7, 11) is 0. The van der Waals surface area contributed by atoms with Gasteiger partial charge < -0.3 is 14.6 Å². The Morgan fingerprint density at radius 2 is 1.93 bits per heavy atom. The van der Waals surface area contributed by atoms with Gasteiger partial charge in [-0.25, -0.2) is 4.79 Å². The molecule has 7 heteroatoms. The van der Waals surface area contributed by atoms with Crippen molar-refractivity contribution in [3.05, 3.63) is 69.2 Å². The van der Waals surface area contributed by atoms with Gasteiger partial charge in [-0.1, -0.05) is 48.9 Å². The molecule has 1 aliphatic rings. The zero-order chi connectivity index (χ0) is 19.9. The van der Waals surface area contributed by atoms with Crippen LogP contribution in [0.15, 0.2) is 51.7 Å². The number of H-pyrrole nitrogens is 1. The predicted molar refractivity (Wildman–Crippen MR) is 107 cm³/mol. The molecule has 0 spiro atoms. The maximum Gasteiger partial charge on any atom is 0.417 e. The van der Waals surface area contributed by atoms with E-state index in [-0.39, 0.29) is 0 Å². The number of aromatic amines is 1. The molecule has 0 bridgehead atoms. The molecule has 0 radical (unpaired) electrons. The number of fused-ring (bicyclic) bond motifs is 1. The molecular formula is C21H23ClN2O4. The highest BCUT2D eigenvalue weighted by molar-refractivity contribution is 6.32. The lowest BCUT2D eigenvalue weighted by Gasteiger charge is -2.46. The monoisotopic (exact) mass is 402 g/mol. The van der Waals surface area contributed by atoms with Gasteiger partial charge in [0.1, 0.15) is 5.72 Å². The van der Waals surface area contributed by atoms with Crippen LogP contribution in [0.2, 0.25) is 5.02 Å². The van der Waals surface area contributed by atoms with Gasteiger partial charge >= 0.3 is 5.76 Å². The number of nitrogens with one attached hydrogen (secondary N) is 1. The summed E-state index contributed by atoms with van der Waals surface area (Å²) in [6.07, 6.45) is 1.40. The van der Waals surface area contributed by atoms with Crippen molar-refractivity contribution in [2.45, 2.75) is 37.5 Å².